The summed E-state index contributed by atoms with van der Waals surface area (Å²) in [6.07, 6.45) is 2.71. The van der Waals surface area contributed by atoms with E-state index in [9.17, 15) is 9.18 Å². The predicted octanol–water partition coefficient (Wildman–Crippen LogP) is 2.98. The van der Waals surface area contributed by atoms with Crippen LogP contribution in [0, 0.1) is 12.7 Å². The summed E-state index contributed by atoms with van der Waals surface area (Å²) in [5, 5.41) is 3.32. The van der Waals surface area contributed by atoms with Crippen LogP contribution in [0.25, 0.3) is 11.0 Å². The van der Waals surface area contributed by atoms with Gasteiger partial charge in [0, 0.05) is 51.9 Å². The Bertz CT molecular complexity index is 1260. The van der Waals surface area contributed by atoms with Gasteiger partial charge in [0.25, 0.3) is 5.91 Å². The first-order valence-electron chi connectivity index (χ1n) is 12.5. The Balaban J connectivity index is 1.55. The molecule has 8 nitrogen and oxygen atoms in total. The van der Waals surface area contributed by atoms with Gasteiger partial charge in [-0.2, -0.15) is 0 Å². The van der Waals surface area contributed by atoms with Crippen LogP contribution >= 0.6 is 0 Å². The highest BCUT2D eigenvalue weighted by Gasteiger charge is 2.26. The number of carbonyl (C=O) groups is 1. The molecule has 2 aliphatic heterocycles. The summed E-state index contributed by atoms with van der Waals surface area (Å²) >= 11 is 0. The molecular weight excluding hydrogens is 459 g/mol. The highest BCUT2D eigenvalue weighted by atomic mass is 19.1. The molecule has 5 rings (SSSR count). The second kappa shape index (κ2) is 10.4. The van der Waals surface area contributed by atoms with Gasteiger partial charge < -0.3 is 24.8 Å². The third-order valence-corrected chi connectivity index (χ3v) is 7.30. The number of hydrogen-bond donors (Lipinski definition) is 1. The summed E-state index contributed by atoms with van der Waals surface area (Å²) in [5.74, 6) is 0.521. The highest BCUT2D eigenvalue weighted by Crippen LogP contribution is 2.30. The molecule has 1 N–H and O–H groups in total. The Morgan fingerprint density at radius 1 is 1.25 bits per heavy atom. The van der Waals surface area contributed by atoms with Gasteiger partial charge >= 0.3 is 0 Å². The van der Waals surface area contributed by atoms with Gasteiger partial charge in [-0.05, 0) is 49.2 Å². The number of nitrogens with one attached hydrogen (secondary N) is 1. The number of likely N-dealkylation sites (N-methyl/N-ethyl adjacent to an activating group) is 1. The molecule has 1 aromatic heterocycles. The fraction of sp³-hybridized carbons (Fsp3) is 0.444. The van der Waals surface area contributed by atoms with E-state index in [-0.39, 0.29) is 17.8 Å². The van der Waals surface area contributed by atoms with E-state index in [0.29, 0.717) is 36.4 Å². The molecule has 1 atom stereocenters. The van der Waals surface area contributed by atoms with Crippen LogP contribution in [0.2, 0.25) is 0 Å². The molecule has 2 aromatic carbocycles. The average Bonchev–Trinajstić information content (AvgIpc) is 3.45. The van der Waals surface area contributed by atoms with E-state index in [4.69, 9.17) is 14.7 Å². The van der Waals surface area contributed by atoms with Crippen molar-refractivity contribution >= 4 is 28.4 Å². The van der Waals surface area contributed by atoms with E-state index in [1.54, 1.807) is 19.2 Å². The molecule has 2 saturated heterocycles. The average molecular weight is 493 g/mol. The maximum atomic E-state index is 14.2. The summed E-state index contributed by atoms with van der Waals surface area (Å²) in [6.45, 7) is 6.79. The van der Waals surface area contributed by atoms with Crippen LogP contribution in [0.15, 0.2) is 36.5 Å². The van der Waals surface area contributed by atoms with Crippen molar-refractivity contribution in [1.82, 2.24) is 20.2 Å². The molecule has 36 heavy (non-hydrogen) atoms. The summed E-state index contributed by atoms with van der Waals surface area (Å²) in [6, 6.07) is 9.02. The lowest BCUT2D eigenvalue weighted by atomic mass is 10.1. The van der Waals surface area contributed by atoms with E-state index in [1.165, 1.54) is 6.07 Å². The van der Waals surface area contributed by atoms with Gasteiger partial charge in [-0.25, -0.2) is 9.37 Å². The third-order valence-electron chi connectivity index (χ3n) is 7.30. The summed E-state index contributed by atoms with van der Waals surface area (Å²) in [5.41, 5.74) is 4.25. The molecule has 9 heteroatoms. The second-order valence-corrected chi connectivity index (χ2v) is 9.63. The van der Waals surface area contributed by atoms with Gasteiger partial charge in [-0.1, -0.05) is 12.1 Å². The Morgan fingerprint density at radius 2 is 2.06 bits per heavy atom. The molecule has 0 unspecified atom stereocenters. The zero-order valence-electron chi connectivity index (χ0n) is 21.1. The summed E-state index contributed by atoms with van der Waals surface area (Å²) in [7, 11) is 3.80. The van der Waals surface area contributed by atoms with Crippen LogP contribution in [0.3, 0.4) is 0 Å². The van der Waals surface area contributed by atoms with Gasteiger partial charge in [0.15, 0.2) is 0 Å². The summed E-state index contributed by atoms with van der Waals surface area (Å²) < 4.78 is 19.7. The highest BCUT2D eigenvalue weighted by molar-refractivity contribution is 6.01. The van der Waals surface area contributed by atoms with Gasteiger partial charge in [-0.3, -0.25) is 9.78 Å². The van der Waals surface area contributed by atoms with Crippen LogP contribution < -0.4 is 15.1 Å². The molecule has 0 spiro atoms. The number of fused-ring (bicyclic) bond motifs is 1. The topological polar surface area (TPSA) is 73.8 Å². The minimum atomic E-state index is -0.226. The standard InChI is InChI=1S/C27H33FN6O2/c1-18-19(5-4-6-22(18)28)17-32(2)24-14-20(27(35)33(3)21-7-8-29-15-21)13-23-26(24)31-25(16-30-23)34-9-11-36-12-10-34/h4-6,13-14,16,21,29H,7-12,15,17H2,1-3H3/t21-/m1/s1. The van der Waals surface area contributed by atoms with Gasteiger partial charge in [0.05, 0.1) is 30.6 Å². The van der Waals surface area contributed by atoms with Gasteiger partial charge in [0.2, 0.25) is 0 Å². The van der Waals surface area contributed by atoms with E-state index < -0.39 is 0 Å². The van der Waals surface area contributed by atoms with Crippen molar-refractivity contribution in [2.45, 2.75) is 25.9 Å². The van der Waals surface area contributed by atoms with E-state index in [1.807, 2.05) is 42.1 Å². The number of morpholine rings is 1. The zero-order valence-corrected chi connectivity index (χ0v) is 21.1. The molecule has 3 heterocycles. The molecule has 1 amide bonds. The van der Waals surface area contributed by atoms with Crippen LogP contribution in [0.4, 0.5) is 15.9 Å². The van der Waals surface area contributed by atoms with Crippen molar-refractivity contribution in [2.75, 3.05) is 63.3 Å². The Hall–Kier alpha value is -3.30. The number of aromatic nitrogens is 2. The minimum Gasteiger partial charge on any atom is -0.378 e. The second-order valence-electron chi connectivity index (χ2n) is 9.63. The first-order chi connectivity index (χ1) is 17.4. The molecule has 3 aromatic rings. The van der Waals surface area contributed by atoms with Crippen molar-refractivity contribution < 1.29 is 13.9 Å². The predicted molar refractivity (Wildman–Crippen MR) is 139 cm³/mol. The van der Waals surface area contributed by atoms with Crippen molar-refractivity contribution in [3.63, 3.8) is 0 Å². The quantitative estimate of drug-likeness (QED) is 0.567. The molecule has 0 bridgehead atoms. The lowest BCUT2D eigenvalue weighted by Crippen LogP contribution is -2.38. The van der Waals surface area contributed by atoms with E-state index >= 15 is 0 Å². The largest absolute Gasteiger partial charge is 0.378 e. The van der Waals surface area contributed by atoms with Crippen LogP contribution in [0.1, 0.15) is 27.9 Å². The number of rotatable bonds is 6. The van der Waals surface area contributed by atoms with Crippen molar-refractivity contribution in [3.8, 4) is 0 Å². The number of anilines is 2. The maximum absolute atomic E-state index is 14.2. The molecule has 0 saturated carbocycles. The van der Waals surface area contributed by atoms with Crippen molar-refractivity contribution in [2.24, 2.45) is 0 Å². The van der Waals surface area contributed by atoms with Gasteiger partial charge in [-0.15, -0.1) is 0 Å². The normalized spacial score (nSPS) is 18.0. The molecule has 190 valence electrons. The number of amides is 1. The lowest BCUT2D eigenvalue weighted by molar-refractivity contribution is 0.0744. The molecule has 2 aliphatic rings. The van der Waals surface area contributed by atoms with E-state index in [2.05, 4.69) is 10.2 Å². The number of halogens is 1. The van der Waals surface area contributed by atoms with Gasteiger partial charge in [0.1, 0.15) is 17.2 Å². The Kier molecular flexibility index (Phi) is 7.02. The smallest absolute Gasteiger partial charge is 0.254 e. The fourth-order valence-electron chi connectivity index (χ4n) is 4.95. The molecule has 0 radical (unpaired) electrons. The van der Waals surface area contributed by atoms with Crippen LogP contribution in [-0.2, 0) is 11.3 Å². The molecule has 2 fully saturated rings. The maximum Gasteiger partial charge on any atom is 0.254 e. The Morgan fingerprint density at radius 3 is 2.81 bits per heavy atom. The number of nitrogens with zero attached hydrogens (tertiary/aromatic N) is 5. The first-order valence-corrected chi connectivity index (χ1v) is 12.5. The van der Waals surface area contributed by atoms with E-state index in [0.717, 1.165) is 55.2 Å². The SMILES string of the molecule is Cc1c(F)cccc1CN(C)c1cc(C(=O)N(C)[C@@H]2CCNC2)cc2ncc(N3CCOCC3)nc12. The van der Waals surface area contributed by atoms with Crippen LogP contribution in [-0.4, -0.2) is 80.3 Å². The summed E-state index contributed by atoms with van der Waals surface area (Å²) in [4.78, 5) is 29.2. The molecular formula is C27H33FN6O2. The third kappa shape index (κ3) is 4.85. The number of carbonyl (C=O) groups excluding carboxylic acids is 1. The number of hydrogen-bond acceptors (Lipinski definition) is 7. The zero-order chi connectivity index (χ0) is 25.2. The van der Waals surface area contributed by atoms with Crippen molar-refractivity contribution in [3.05, 3.63) is 59.0 Å². The Labute approximate surface area is 211 Å². The molecule has 0 aliphatic carbocycles. The number of ether oxygens (including phenoxy) is 1. The van der Waals surface area contributed by atoms with Crippen LogP contribution in [0.5, 0.6) is 0 Å². The lowest BCUT2D eigenvalue weighted by Gasteiger charge is -2.29. The fourth-order valence-corrected chi connectivity index (χ4v) is 4.95. The number of benzene rings is 2. The van der Waals surface area contributed by atoms with Crippen molar-refractivity contribution in [1.29, 1.82) is 0 Å². The first kappa shape index (κ1) is 24.4. The minimum absolute atomic E-state index is 0.0405. The monoisotopic (exact) mass is 492 g/mol.